The second-order valence-electron chi connectivity index (χ2n) is 5.88. The summed E-state index contributed by atoms with van der Waals surface area (Å²) in [5.41, 5.74) is 3.53. The SMILES string of the molecule is CC(C)c1ccc2occ(CC(=O)Nc3ccccc3Cl)c2c1. The number of carbonyl (C=O) groups excluding carboxylic acids is 1. The van der Waals surface area contributed by atoms with Crippen molar-refractivity contribution in [3.05, 3.63) is 64.9 Å². The molecule has 4 heteroatoms. The predicted octanol–water partition coefficient (Wildman–Crippen LogP) is 5.39. The van der Waals surface area contributed by atoms with E-state index in [0.717, 1.165) is 16.5 Å². The quantitative estimate of drug-likeness (QED) is 0.698. The second kappa shape index (κ2) is 6.47. The Morgan fingerprint density at radius 3 is 2.74 bits per heavy atom. The van der Waals surface area contributed by atoms with Crippen molar-refractivity contribution in [3.8, 4) is 0 Å². The van der Waals surface area contributed by atoms with Crippen LogP contribution in [0.3, 0.4) is 0 Å². The van der Waals surface area contributed by atoms with Gasteiger partial charge in [-0.1, -0.05) is 43.6 Å². The summed E-state index contributed by atoms with van der Waals surface area (Å²) in [6, 6.07) is 13.3. The smallest absolute Gasteiger partial charge is 0.228 e. The first-order valence-corrected chi connectivity index (χ1v) is 7.97. The van der Waals surface area contributed by atoms with Crippen LogP contribution in [-0.2, 0) is 11.2 Å². The number of carbonyl (C=O) groups is 1. The molecule has 0 aliphatic rings. The maximum atomic E-state index is 12.3. The van der Waals surface area contributed by atoms with Gasteiger partial charge in [-0.15, -0.1) is 0 Å². The maximum absolute atomic E-state index is 12.3. The van der Waals surface area contributed by atoms with Crippen molar-refractivity contribution in [2.24, 2.45) is 0 Å². The summed E-state index contributed by atoms with van der Waals surface area (Å²) in [4.78, 5) is 12.3. The number of para-hydroxylation sites is 1. The highest BCUT2D eigenvalue weighted by atomic mass is 35.5. The molecule has 0 atom stereocenters. The molecule has 2 aromatic carbocycles. The van der Waals surface area contributed by atoms with E-state index in [-0.39, 0.29) is 12.3 Å². The van der Waals surface area contributed by atoms with Gasteiger partial charge in [-0.3, -0.25) is 4.79 Å². The van der Waals surface area contributed by atoms with Crippen LogP contribution in [0.25, 0.3) is 11.0 Å². The Labute approximate surface area is 140 Å². The first-order valence-electron chi connectivity index (χ1n) is 7.59. The summed E-state index contributed by atoms with van der Waals surface area (Å²) in [7, 11) is 0. The van der Waals surface area contributed by atoms with Gasteiger partial charge < -0.3 is 9.73 Å². The van der Waals surface area contributed by atoms with Gasteiger partial charge in [-0.05, 0) is 35.7 Å². The monoisotopic (exact) mass is 327 g/mol. The third-order valence-electron chi connectivity index (χ3n) is 3.84. The normalized spacial score (nSPS) is 11.1. The Balaban J connectivity index is 1.82. The van der Waals surface area contributed by atoms with E-state index in [4.69, 9.17) is 16.0 Å². The first kappa shape index (κ1) is 15.6. The minimum Gasteiger partial charge on any atom is -0.464 e. The molecule has 3 rings (SSSR count). The molecule has 3 nitrogen and oxygen atoms in total. The molecule has 0 spiro atoms. The number of halogens is 1. The number of benzene rings is 2. The fourth-order valence-electron chi connectivity index (χ4n) is 2.53. The molecule has 0 unspecified atom stereocenters. The van der Waals surface area contributed by atoms with Crippen LogP contribution in [-0.4, -0.2) is 5.91 Å². The van der Waals surface area contributed by atoms with Gasteiger partial charge in [0.05, 0.1) is 23.4 Å². The number of anilines is 1. The van der Waals surface area contributed by atoms with Crippen molar-refractivity contribution in [2.45, 2.75) is 26.2 Å². The molecule has 0 bridgehead atoms. The zero-order chi connectivity index (χ0) is 16.4. The van der Waals surface area contributed by atoms with Crippen LogP contribution in [0.15, 0.2) is 53.1 Å². The lowest BCUT2D eigenvalue weighted by atomic mass is 10.00. The molecule has 23 heavy (non-hydrogen) atoms. The van der Waals surface area contributed by atoms with Crippen molar-refractivity contribution >= 4 is 34.2 Å². The molecule has 1 amide bonds. The fraction of sp³-hybridized carbons (Fsp3) is 0.211. The van der Waals surface area contributed by atoms with Crippen LogP contribution >= 0.6 is 11.6 Å². The number of amides is 1. The standard InChI is InChI=1S/C19H18ClNO2/c1-12(2)13-7-8-18-15(9-13)14(11-23-18)10-19(22)21-17-6-4-3-5-16(17)20/h3-9,11-12H,10H2,1-2H3,(H,21,22). The van der Waals surface area contributed by atoms with E-state index >= 15 is 0 Å². The van der Waals surface area contributed by atoms with E-state index in [1.165, 1.54) is 5.56 Å². The Morgan fingerprint density at radius 2 is 2.00 bits per heavy atom. The zero-order valence-electron chi connectivity index (χ0n) is 13.1. The first-order chi connectivity index (χ1) is 11.0. The van der Waals surface area contributed by atoms with Crippen LogP contribution in [0.4, 0.5) is 5.69 Å². The Morgan fingerprint density at radius 1 is 1.22 bits per heavy atom. The van der Waals surface area contributed by atoms with Crippen LogP contribution in [0, 0.1) is 0 Å². The van der Waals surface area contributed by atoms with Crippen molar-refractivity contribution in [1.29, 1.82) is 0 Å². The molecule has 0 fully saturated rings. The molecule has 1 N–H and O–H groups in total. The van der Waals surface area contributed by atoms with Crippen LogP contribution < -0.4 is 5.32 Å². The minimum atomic E-state index is -0.115. The van der Waals surface area contributed by atoms with Gasteiger partial charge in [0.2, 0.25) is 5.91 Å². The van der Waals surface area contributed by atoms with Crippen molar-refractivity contribution in [1.82, 2.24) is 0 Å². The number of nitrogens with one attached hydrogen (secondary N) is 1. The van der Waals surface area contributed by atoms with Gasteiger partial charge in [0, 0.05) is 10.9 Å². The van der Waals surface area contributed by atoms with E-state index < -0.39 is 0 Å². The molecule has 118 valence electrons. The topological polar surface area (TPSA) is 42.2 Å². The average Bonchev–Trinajstić information content (AvgIpc) is 2.92. The van der Waals surface area contributed by atoms with Gasteiger partial charge in [-0.25, -0.2) is 0 Å². The predicted molar refractivity (Wildman–Crippen MR) is 94.1 cm³/mol. The number of hydrogen-bond acceptors (Lipinski definition) is 2. The lowest BCUT2D eigenvalue weighted by molar-refractivity contribution is -0.115. The number of hydrogen-bond donors (Lipinski definition) is 1. The van der Waals surface area contributed by atoms with E-state index in [0.29, 0.717) is 16.6 Å². The highest BCUT2D eigenvalue weighted by molar-refractivity contribution is 6.33. The molecule has 0 saturated heterocycles. The summed E-state index contributed by atoms with van der Waals surface area (Å²) < 4.78 is 5.55. The van der Waals surface area contributed by atoms with Crippen molar-refractivity contribution in [2.75, 3.05) is 5.32 Å². The maximum Gasteiger partial charge on any atom is 0.228 e. The molecule has 3 aromatic rings. The molecular weight excluding hydrogens is 310 g/mol. The molecule has 0 aliphatic carbocycles. The molecule has 0 radical (unpaired) electrons. The van der Waals surface area contributed by atoms with Crippen molar-refractivity contribution in [3.63, 3.8) is 0 Å². The summed E-state index contributed by atoms with van der Waals surface area (Å²) in [6.45, 7) is 4.29. The lowest BCUT2D eigenvalue weighted by Gasteiger charge is -2.07. The zero-order valence-corrected chi connectivity index (χ0v) is 13.9. The molecule has 1 aromatic heterocycles. The summed E-state index contributed by atoms with van der Waals surface area (Å²) in [6.07, 6.45) is 1.90. The van der Waals surface area contributed by atoms with E-state index in [1.54, 1.807) is 18.4 Å². The molecule has 0 saturated carbocycles. The summed E-state index contributed by atoms with van der Waals surface area (Å²) in [5.74, 6) is 0.315. The van der Waals surface area contributed by atoms with E-state index in [9.17, 15) is 4.79 Å². The third kappa shape index (κ3) is 3.40. The van der Waals surface area contributed by atoms with Gasteiger partial charge in [0.25, 0.3) is 0 Å². The highest BCUT2D eigenvalue weighted by Gasteiger charge is 2.13. The lowest BCUT2D eigenvalue weighted by Crippen LogP contribution is -2.14. The van der Waals surface area contributed by atoms with Gasteiger partial charge in [0.1, 0.15) is 5.58 Å². The highest BCUT2D eigenvalue weighted by Crippen LogP contribution is 2.27. The number of furan rings is 1. The van der Waals surface area contributed by atoms with Crippen LogP contribution in [0.5, 0.6) is 0 Å². The van der Waals surface area contributed by atoms with Crippen LogP contribution in [0.2, 0.25) is 5.02 Å². The largest absolute Gasteiger partial charge is 0.464 e. The third-order valence-corrected chi connectivity index (χ3v) is 4.17. The summed E-state index contributed by atoms with van der Waals surface area (Å²) in [5, 5.41) is 4.36. The average molecular weight is 328 g/mol. The van der Waals surface area contributed by atoms with E-state index in [1.807, 2.05) is 18.2 Å². The fourth-order valence-corrected chi connectivity index (χ4v) is 2.71. The Kier molecular flexibility index (Phi) is 4.39. The van der Waals surface area contributed by atoms with Gasteiger partial charge in [-0.2, -0.15) is 0 Å². The van der Waals surface area contributed by atoms with Gasteiger partial charge >= 0.3 is 0 Å². The van der Waals surface area contributed by atoms with Gasteiger partial charge in [0.15, 0.2) is 0 Å². The van der Waals surface area contributed by atoms with Crippen LogP contribution in [0.1, 0.15) is 30.9 Å². The van der Waals surface area contributed by atoms with E-state index in [2.05, 4.69) is 31.3 Å². The second-order valence-corrected chi connectivity index (χ2v) is 6.28. The number of fused-ring (bicyclic) bond motifs is 1. The molecule has 0 aliphatic heterocycles. The number of rotatable bonds is 4. The Hall–Kier alpha value is -2.26. The minimum absolute atomic E-state index is 0.115. The molecule has 1 heterocycles. The molecular formula is C19H18ClNO2. The Bertz CT molecular complexity index is 851. The summed E-state index contributed by atoms with van der Waals surface area (Å²) >= 11 is 6.07. The van der Waals surface area contributed by atoms with Crippen molar-refractivity contribution < 1.29 is 9.21 Å².